The quantitative estimate of drug-likeness (QED) is 0.692. The molecule has 1 aliphatic rings. The van der Waals surface area contributed by atoms with Crippen LogP contribution in [0.25, 0.3) is 0 Å². The van der Waals surface area contributed by atoms with Crippen LogP contribution in [-0.2, 0) is 12.6 Å². The molecule has 2 rings (SSSR count). The lowest BCUT2D eigenvalue weighted by molar-refractivity contribution is 0.359. The summed E-state index contributed by atoms with van der Waals surface area (Å²) in [7, 11) is 1.98. The molecule has 0 atom stereocenters. The molecular formula is C11H19N3. The fourth-order valence-corrected chi connectivity index (χ4v) is 2.48. The first-order valence-corrected chi connectivity index (χ1v) is 5.50. The van der Waals surface area contributed by atoms with Crippen LogP contribution >= 0.6 is 0 Å². The van der Waals surface area contributed by atoms with Gasteiger partial charge in [0.25, 0.3) is 0 Å². The topological polar surface area (TPSA) is 43.8 Å². The molecule has 1 saturated carbocycles. The number of aryl methyl sites for hydroxylation is 1. The zero-order chi connectivity index (χ0) is 10.0. The smallest absolute Gasteiger partial charge is 0.0580 e. The molecule has 0 radical (unpaired) electrons. The van der Waals surface area contributed by atoms with E-state index < -0.39 is 0 Å². The second kappa shape index (κ2) is 3.73. The molecule has 3 nitrogen and oxygen atoms in total. The summed E-state index contributed by atoms with van der Waals surface area (Å²) in [5.74, 6) is 0. The molecule has 0 aliphatic heterocycles. The molecule has 0 aromatic carbocycles. The van der Waals surface area contributed by atoms with E-state index in [0.29, 0.717) is 0 Å². The molecule has 3 heteroatoms. The van der Waals surface area contributed by atoms with Crippen molar-refractivity contribution in [2.75, 3.05) is 0 Å². The van der Waals surface area contributed by atoms with Gasteiger partial charge in [0.2, 0.25) is 0 Å². The van der Waals surface area contributed by atoms with E-state index in [0.717, 1.165) is 12.8 Å². The zero-order valence-corrected chi connectivity index (χ0v) is 8.87. The van der Waals surface area contributed by atoms with Crippen molar-refractivity contribution in [2.45, 2.75) is 44.1 Å². The number of aromatic nitrogens is 2. The number of nitrogens with zero attached hydrogens (tertiary/aromatic N) is 2. The third-order valence-corrected chi connectivity index (χ3v) is 3.33. The summed E-state index contributed by atoms with van der Waals surface area (Å²) in [6.07, 6.45) is 9.21. The van der Waals surface area contributed by atoms with Crippen LogP contribution in [0.1, 0.15) is 44.2 Å². The van der Waals surface area contributed by atoms with Crippen LogP contribution in [0.15, 0.2) is 12.3 Å². The summed E-state index contributed by atoms with van der Waals surface area (Å²) in [6, 6.07) is 2.06. The van der Waals surface area contributed by atoms with Gasteiger partial charge in [-0.25, -0.2) is 0 Å². The Hall–Kier alpha value is -0.830. The largest absolute Gasteiger partial charge is 0.320 e. The fraction of sp³-hybridized carbons (Fsp3) is 0.727. The first-order valence-electron chi connectivity index (χ1n) is 5.50. The average molecular weight is 193 g/mol. The Bertz CT molecular complexity index is 295. The van der Waals surface area contributed by atoms with Gasteiger partial charge in [0.15, 0.2) is 0 Å². The molecule has 1 aromatic rings. The van der Waals surface area contributed by atoms with Crippen LogP contribution in [0.4, 0.5) is 0 Å². The van der Waals surface area contributed by atoms with Crippen molar-refractivity contribution < 1.29 is 0 Å². The van der Waals surface area contributed by atoms with Crippen molar-refractivity contribution >= 4 is 0 Å². The Morgan fingerprint density at radius 2 is 1.93 bits per heavy atom. The van der Waals surface area contributed by atoms with E-state index in [1.54, 1.807) is 0 Å². The summed E-state index contributed by atoms with van der Waals surface area (Å²) in [5, 5.41) is 4.20. The standard InChI is InChI=1S/C11H19N3/c1-14-10(6-9-13-14)11(12)7-4-2-3-5-8-11/h6,9H,2-5,7-8,12H2,1H3. The van der Waals surface area contributed by atoms with Crippen LogP contribution in [0.2, 0.25) is 0 Å². The SMILES string of the molecule is Cn1nccc1C1(N)CCCCCC1. The molecule has 0 unspecified atom stereocenters. The fourth-order valence-electron chi connectivity index (χ4n) is 2.48. The van der Waals surface area contributed by atoms with Gasteiger partial charge >= 0.3 is 0 Å². The lowest BCUT2D eigenvalue weighted by atomic mass is 9.88. The Kier molecular flexibility index (Phi) is 2.59. The van der Waals surface area contributed by atoms with E-state index >= 15 is 0 Å². The van der Waals surface area contributed by atoms with Gasteiger partial charge in [-0.1, -0.05) is 25.7 Å². The van der Waals surface area contributed by atoms with Crippen molar-refractivity contribution in [1.29, 1.82) is 0 Å². The molecule has 2 N–H and O–H groups in total. The zero-order valence-electron chi connectivity index (χ0n) is 8.87. The van der Waals surface area contributed by atoms with Crippen LogP contribution in [-0.4, -0.2) is 9.78 Å². The first-order chi connectivity index (χ1) is 6.72. The molecule has 1 heterocycles. The normalized spacial score (nSPS) is 21.9. The van der Waals surface area contributed by atoms with Gasteiger partial charge in [-0.3, -0.25) is 4.68 Å². The van der Waals surface area contributed by atoms with E-state index in [-0.39, 0.29) is 5.54 Å². The van der Waals surface area contributed by atoms with Crippen molar-refractivity contribution in [3.05, 3.63) is 18.0 Å². The molecule has 0 bridgehead atoms. The van der Waals surface area contributed by atoms with Gasteiger partial charge < -0.3 is 5.73 Å². The summed E-state index contributed by atoms with van der Waals surface area (Å²) in [5.41, 5.74) is 7.54. The molecule has 0 amide bonds. The van der Waals surface area contributed by atoms with Crippen molar-refractivity contribution in [3.63, 3.8) is 0 Å². The third kappa shape index (κ3) is 1.69. The van der Waals surface area contributed by atoms with Crippen LogP contribution in [0, 0.1) is 0 Å². The van der Waals surface area contributed by atoms with Gasteiger partial charge in [-0.05, 0) is 18.9 Å². The second-order valence-corrected chi connectivity index (χ2v) is 4.41. The molecule has 1 aromatic heterocycles. The van der Waals surface area contributed by atoms with E-state index in [1.165, 1.54) is 31.4 Å². The van der Waals surface area contributed by atoms with Crippen LogP contribution < -0.4 is 5.73 Å². The molecule has 1 fully saturated rings. The number of hydrogen-bond donors (Lipinski definition) is 1. The molecular weight excluding hydrogens is 174 g/mol. The highest BCUT2D eigenvalue weighted by Gasteiger charge is 2.30. The highest BCUT2D eigenvalue weighted by Crippen LogP contribution is 2.32. The number of nitrogens with two attached hydrogens (primary N) is 1. The molecule has 1 aliphatic carbocycles. The van der Waals surface area contributed by atoms with Crippen molar-refractivity contribution in [1.82, 2.24) is 9.78 Å². The van der Waals surface area contributed by atoms with Gasteiger partial charge in [0, 0.05) is 13.2 Å². The maximum Gasteiger partial charge on any atom is 0.0580 e. The van der Waals surface area contributed by atoms with Crippen molar-refractivity contribution in [2.24, 2.45) is 12.8 Å². The monoisotopic (exact) mass is 193 g/mol. The van der Waals surface area contributed by atoms with Gasteiger partial charge in [-0.2, -0.15) is 5.10 Å². The minimum absolute atomic E-state index is 0.123. The average Bonchev–Trinajstić information content (AvgIpc) is 2.46. The lowest BCUT2D eigenvalue weighted by Crippen LogP contribution is -2.38. The number of rotatable bonds is 1. The predicted molar refractivity (Wildman–Crippen MR) is 56.8 cm³/mol. The molecule has 14 heavy (non-hydrogen) atoms. The van der Waals surface area contributed by atoms with E-state index in [2.05, 4.69) is 11.2 Å². The van der Waals surface area contributed by atoms with Gasteiger partial charge in [-0.15, -0.1) is 0 Å². The molecule has 0 spiro atoms. The summed E-state index contributed by atoms with van der Waals surface area (Å²) < 4.78 is 1.92. The number of hydrogen-bond acceptors (Lipinski definition) is 2. The second-order valence-electron chi connectivity index (χ2n) is 4.41. The highest BCUT2D eigenvalue weighted by molar-refractivity contribution is 5.14. The van der Waals surface area contributed by atoms with E-state index in [1.807, 2.05) is 17.9 Å². The van der Waals surface area contributed by atoms with Crippen LogP contribution in [0.5, 0.6) is 0 Å². The first kappa shape index (κ1) is 9.71. The van der Waals surface area contributed by atoms with Gasteiger partial charge in [0.1, 0.15) is 0 Å². The molecule has 0 saturated heterocycles. The van der Waals surface area contributed by atoms with Crippen molar-refractivity contribution in [3.8, 4) is 0 Å². The highest BCUT2D eigenvalue weighted by atomic mass is 15.3. The summed E-state index contributed by atoms with van der Waals surface area (Å²) in [6.45, 7) is 0. The Balaban J connectivity index is 2.25. The Labute approximate surface area is 85.3 Å². The van der Waals surface area contributed by atoms with Crippen LogP contribution in [0.3, 0.4) is 0 Å². The Morgan fingerprint density at radius 3 is 2.43 bits per heavy atom. The van der Waals surface area contributed by atoms with E-state index in [4.69, 9.17) is 5.73 Å². The predicted octanol–water partition coefficient (Wildman–Crippen LogP) is 1.93. The van der Waals surface area contributed by atoms with Gasteiger partial charge in [0.05, 0.1) is 11.2 Å². The maximum absolute atomic E-state index is 6.46. The minimum atomic E-state index is -0.123. The third-order valence-electron chi connectivity index (χ3n) is 3.33. The Morgan fingerprint density at radius 1 is 1.29 bits per heavy atom. The lowest BCUT2D eigenvalue weighted by Gasteiger charge is -2.28. The summed E-state index contributed by atoms with van der Waals surface area (Å²) in [4.78, 5) is 0. The minimum Gasteiger partial charge on any atom is -0.320 e. The molecule has 78 valence electrons. The summed E-state index contributed by atoms with van der Waals surface area (Å²) >= 11 is 0. The van der Waals surface area contributed by atoms with E-state index in [9.17, 15) is 0 Å². The maximum atomic E-state index is 6.46.